The van der Waals surface area contributed by atoms with Gasteiger partial charge in [0.05, 0.1) is 23.3 Å². The Morgan fingerprint density at radius 2 is 1.69 bits per heavy atom. The number of carbonyl (C=O) groups excluding carboxylic acids is 2. The molecule has 0 fully saturated rings. The van der Waals surface area contributed by atoms with Crippen molar-refractivity contribution in [3.05, 3.63) is 58.1 Å². The van der Waals surface area contributed by atoms with Crippen molar-refractivity contribution in [2.24, 2.45) is 0 Å². The van der Waals surface area contributed by atoms with Crippen molar-refractivity contribution < 1.29 is 22.7 Å². The molecule has 0 spiro atoms. The standard InChI is InChI=1S/C17H17BrN2O5S/c1-20(2)26(23,24)13-7-4-11(5-8-13)16(21)19-15-9-6-12(18)10-14(15)17(22)25-3/h4-10H,1-3H3,(H,19,21). The van der Waals surface area contributed by atoms with E-state index < -0.39 is 21.9 Å². The molecule has 0 bridgehead atoms. The molecule has 2 aromatic carbocycles. The number of benzene rings is 2. The molecule has 7 nitrogen and oxygen atoms in total. The highest BCUT2D eigenvalue weighted by Gasteiger charge is 2.19. The number of carbonyl (C=O) groups is 2. The number of esters is 1. The van der Waals surface area contributed by atoms with Crippen LogP contribution < -0.4 is 5.32 Å². The van der Waals surface area contributed by atoms with Gasteiger partial charge in [-0.05, 0) is 42.5 Å². The van der Waals surface area contributed by atoms with Crippen molar-refractivity contribution in [1.29, 1.82) is 0 Å². The Morgan fingerprint density at radius 1 is 1.08 bits per heavy atom. The van der Waals surface area contributed by atoms with E-state index in [1.54, 1.807) is 12.1 Å². The Morgan fingerprint density at radius 3 is 2.23 bits per heavy atom. The molecule has 9 heteroatoms. The first kappa shape index (κ1) is 20.1. The highest BCUT2D eigenvalue weighted by Crippen LogP contribution is 2.23. The van der Waals surface area contributed by atoms with Crippen LogP contribution in [0.25, 0.3) is 0 Å². The maximum Gasteiger partial charge on any atom is 0.340 e. The molecule has 0 aliphatic carbocycles. The third kappa shape index (κ3) is 4.29. The maximum absolute atomic E-state index is 12.4. The molecule has 2 aromatic rings. The second kappa shape index (κ2) is 7.98. The first-order valence-electron chi connectivity index (χ1n) is 7.38. The van der Waals surface area contributed by atoms with Gasteiger partial charge in [-0.1, -0.05) is 15.9 Å². The molecule has 0 atom stereocenters. The molecule has 0 aliphatic heterocycles. The molecular formula is C17H17BrN2O5S. The molecule has 1 N–H and O–H groups in total. The van der Waals surface area contributed by atoms with Gasteiger partial charge in [-0.2, -0.15) is 0 Å². The minimum Gasteiger partial charge on any atom is -0.465 e. The van der Waals surface area contributed by atoms with Gasteiger partial charge in [-0.15, -0.1) is 0 Å². The zero-order valence-corrected chi connectivity index (χ0v) is 16.7. The van der Waals surface area contributed by atoms with Crippen LogP contribution in [0.1, 0.15) is 20.7 Å². The Labute approximate surface area is 160 Å². The molecule has 0 aliphatic rings. The van der Waals surface area contributed by atoms with Crippen LogP contribution in [0.5, 0.6) is 0 Å². The third-order valence-corrected chi connectivity index (χ3v) is 5.85. The summed E-state index contributed by atoms with van der Waals surface area (Å²) in [6.45, 7) is 0. The van der Waals surface area contributed by atoms with Crippen molar-refractivity contribution in [1.82, 2.24) is 4.31 Å². The largest absolute Gasteiger partial charge is 0.465 e. The number of anilines is 1. The Kier molecular flexibility index (Phi) is 6.17. The molecule has 2 rings (SSSR count). The smallest absolute Gasteiger partial charge is 0.340 e. The van der Waals surface area contributed by atoms with E-state index in [4.69, 9.17) is 4.74 Å². The van der Waals surface area contributed by atoms with Gasteiger partial charge in [-0.3, -0.25) is 4.79 Å². The fourth-order valence-corrected chi connectivity index (χ4v) is 3.35. The number of ether oxygens (including phenoxy) is 1. The summed E-state index contributed by atoms with van der Waals surface area (Å²) >= 11 is 3.26. The second-order valence-corrected chi connectivity index (χ2v) is 8.51. The number of rotatable bonds is 5. The summed E-state index contributed by atoms with van der Waals surface area (Å²) in [5, 5.41) is 2.63. The lowest BCUT2D eigenvalue weighted by Crippen LogP contribution is -2.22. The van der Waals surface area contributed by atoms with Crippen molar-refractivity contribution >= 4 is 43.5 Å². The fourth-order valence-electron chi connectivity index (χ4n) is 2.09. The minimum atomic E-state index is -3.57. The lowest BCUT2D eigenvalue weighted by Gasteiger charge is -2.12. The lowest BCUT2D eigenvalue weighted by molar-refractivity contribution is 0.0602. The van der Waals surface area contributed by atoms with Crippen LogP contribution in [-0.2, 0) is 14.8 Å². The number of nitrogens with one attached hydrogen (secondary N) is 1. The maximum atomic E-state index is 12.4. The summed E-state index contributed by atoms with van der Waals surface area (Å²) in [5.41, 5.74) is 0.735. The van der Waals surface area contributed by atoms with E-state index in [0.717, 1.165) is 4.31 Å². The number of halogens is 1. The van der Waals surface area contributed by atoms with Gasteiger partial charge >= 0.3 is 5.97 Å². The number of methoxy groups -OCH3 is 1. The van der Waals surface area contributed by atoms with Gasteiger partial charge in [0.2, 0.25) is 10.0 Å². The summed E-state index contributed by atoms with van der Waals surface area (Å²) < 4.78 is 30.6. The van der Waals surface area contributed by atoms with E-state index in [1.165, 1.54) is 51.5 Å². The van der Waals surface area contributed by atoms with Crippen LogP contribution in [0.2, 0.25) is 0 Å². The summed E-state index contributed by atoms with van der Waals surface area (Å²) in [6.07, 6.45) is 0. The zero-order chi connectivity index (χ0) is 19.5. The van der Waals surface area contributed by atoms with Gasteiger partial charge in [0.1, 0.15) is 0 Å². The fraction of sp³-hybridized carbons (Fsp3) is 0.176. The van der Waals surface area contributed by atoms with E-state index in [0.29, 0.717) is 4.47 Å². The summed E-state index contributed by atoms with van der Waals surface area (Å²) in [5.74, 6) is -1.07. The molecule has 0 unspecified atom stereocenters. The van der Waals surface area contributed by atoms with Gasteiger partial charge in [0.25, 0.3) is 5.91 Å². The Bertz CT molecular complexity index is 940. The van der Waals surface area contributed by atoms with Crippen LogP contribution in [0.4, 0.5) is 5.69 Å². The molecule has 1 amide bonds. The van der Waals surface area contributed by atoms with E-state index in [9.17, 15) is 18.0 Å². The van der Waals surface area contributed by atoms with Gasteiger partial charge in [0, 0.05) is 24.1 Å². The predicted octanol–water partition coefficient (Wildman–Crippen LogP) is 2.74. The topological polar surface area (TPSA) is 92.8 Å². The Hall–Kier alpha value is -2.23. The van der Waals surface area contributed by atoms with Gasteiger partial charge < -0.3 is 10.1 Å². The minimum absolute atomic E-state index is 0.0814. The molecular weight excluding hydrogens is 424 g/mol. The zero-order valence-electron chi connectivity index (χ0n) is 14.3. The van der Waals surface area contributed by atoms with Crippen LogP contribution in [0, 0.1) is 0 Å². The number of nitrogens with zero attached hydrogens (tertiary/aromatic N) is 1. The molecule has 138 valence electrons. The summed E-state index contributed by atoms with van der Waals surface area (Å²) in [4.78, 5) is 24.4. The highest BCUT2D eigenvalue weighted by molar-refractivity contribution is 9.10. The molecule has 0 radical (unpaired) electrons. The quantitative estimate of drug-likeness (QED) is 0.721. The second-order valence-electron chi connectivity index (χ2n) is 5.45. The van der Waals surface area contributed by atoms with Crippen molar-refractivity contribution in [3.63, 3.8) is 0 Å². The van der Waals surface area contributed by atoms with Crippen molar-refractivity contribution in [2.45, 2.75) is 4.90 Å². The predicted molar refractivity (Wildman–Crippen MR) is 101 cm³/mol. The summed E-state index contributed by atoms with van der Waals surface area (Å²) in [6, 6.07) is 10.3. The van der Waals surface area contributed by atoms with Crippen LogP contribution in [0.15, 0.2) is 51.8 Å². The average molecular weight is 441 g/mol. The summed E-state index contributed by atoms with van der Waals surface area (Å²) in [7, 11) is 0.536. The molecule has 0 saturated heterocycles. The number of sulfonamides is 1. The monoisotopic (exact) mass is 440 g/mol. The third-order valence-electron chi connectivity index (χ3n) is 3.53. The van der Waals surface area contributed by atoms with Crippen molar-refractivity contribution in [2.75, 3.05) is 26.5 Å². The number of amides is 1. The highest BCUT2D eigenvalue weighted by atomic mass is 79.9. The molecule has 0 aromatic heterocycles. The molecule has 26 heavy (non-hydrogen) atoms. The van der Waals surface area contributed by atoms with Gasteiger partial charge in [0.15, 0.2) is 0 Å². The lowest BCUT2D eigenvalue weighted by atomic mass is 10.1. The van der Waals surface area contributed by atoms with Crippen LogP contribution >= 0.6 is 15.9 Å². The number of hydrogen-bond donors (Lipinski definition) is 1. The molecule has 0 heterocycles. The normalized spacial score (nSPS) is 11.3. The van der Waals surface area contributed by atoms with E-state index in [2.05, 4.69) is 21.2 Å². The van der Waals surface area contributed by atoms with E-state index in [1.807, 2.05) is 0 Å². The number of hydrogen-bond acceptors (Lipinski definition) is 5. The molecule has 0 saturated carbocycles. The van der Waals surface area contributed by atoms with E-state index >= 15 is 0 Å². The van der Waals surface area contributed by atoms with E-state index in [-0.39, 0.29) is 21.7 Å². The Balaban J connectivity index is 2.28. The first-order valence-corrected chi connectivity index (χ1v) is 9.62. The van der Waals surface area contributed by atoms with Crippen LogP contribution in [0.3, 0.4) is 0 Å². The van der Waals surface area contributed by atoms with Crippen LogP contribution in [-0.4, -0.2) is 45.8 Å². The van der Waals surface area contributed by atoms with Gasteiger partial charge in [-0.25, -0.2) is 17.5 Å². The van der Waals surface area contributed by atoms with Crippen molar-refractivity contribution in [3.8, 4) is 0 Å². The average Bonchev–Trinajstić information content (AvgIpc) is 2.62. The SMILES string of the molecule is COC(=O)c1cc(Br)ccc1NC(=O)c1ccc(S(=O)(=O)N(C)C)cc1. The first-order chi connectivity index (χ1) is 12.2.